The van der Waals surface area contributed by atoms with Crippen molar-refractivity contribution in [3.8, 4) is 0 Å². The highest BCUT2D eigenvalue weighted by Crippen LogP contribution is 2.35. The van der Waals surface area contributed by atoms with Crippen LogP contribution in [0.1, 0.15) is 59.2 Å². The molecule has 1 aromatic carbocycles. The van der Waals surface area contributed by atoms with Crippen LogP contribution in [-0.4, -0.2) is 47.0 Å². The number of aryl methyl sites for hydroxylation is 1. The molecule has 2 aliphatic rings. The van der Waals surface area contributed by atoms with Crippen molar-refractivity contribution in [3.05, 3.63) is 50.6 Å². The van der Waals surface area contributed by atoms with Crippen molar-refractivity contribution in [1.29, 1.82) is 0 Å². The molecule has 2 aromatic heterocycles. The Hall–Kier alpha value is -2.25. The maximum atomic E-state index is 13.4. The summed E-state index contributed by atoms with van der Waals surface area (Å²) < 4.78 is 18.8. The molecule has 7 heteroatoms. The number of thiophene rings is 1. The maximum absolute atomic E-state index is 13.4. The Labute approximate surface area is 192 Å². The molecule has 5 rings (SSSR count). The Kier molecular flexibility index (Phi) is 6.03. The van der Waals surface area contributed by atoms with E-state index in [1.165, 1.54) is 27.5 Å². The number of halogens is 1. The third-order valence-electron chi connectivity index (χ3n) is 7.13. The lowest BCUT2D eigenvalue weighted by molar-refractivity contribution is -0.129. The van der Waals surface area contributed by atoms with Crippen molar-refractivity contribution in [1.82, 2.24) is 15.0 Å². The van der Waals surface area contributed by atoms with E-state index >= 15 is 0 Å². The van der Waals surface area contributed by atoms with Gasteiger partial charge in [0.25, 0.3) is 0 Å². The molecule has 0 unspecified atom stereocenters. The van der Waals surface area contributed by atoms with Gasteiger partial charge in [-0.2, -0.15) is 0 Å². The predicted octanol–water partition coefficient (Wildman–Crippen LogP) is 4.92. The molecule has 170 valence electrons. The molecular formula is C25H30FN3O2S. The Morgan fingerprint density at radius 3 is 2.84 bits per heavy atom. The van der Waals surface area contributed by atoms with Crippen molar-refractivity contribution in [2.45, 2.75) is 58.4 Å². The zero-order valence-electron chi connectivity index (χ0n) is 18.8. The van der Waals surface area contributed by atoms with Crippen molar-refractivity contribution in [2.24, 2.45) is 0 Å². The number of likely N-dealkylation sites (tertiary alicyclic amines) is 1. The number of piperidine rings is 1. The summed E-state index contributed by atoms with van der Waals surface area (Å²) in [5.41, 5.74) is 4.58. The van der Waals surface area contributed by atoms with Gasteiger partial charge < -0.3 is 14.3 Å². The van der Waals surface area contributed by atoms with Gasteiger partial charge >= 0.3 is 0 Å². The summed E-state index contributed by atoms with van der Waals surface area (Å²) in [6.07, 6.45) is 5.24. The van der Waals surface area contributed by atoms with Gasteiger partial charge in [-0.3, -0.25) is 4.79 Å². The number of carbonyl (C=O) groups excluding carboxylic acids is 1. The van der Waals surface area contributed by atoms with Gasteiger partial charge in [-0.25, -0.2) is 4.39 Å². The van der Waals surface area contributed by atoms with Crippen molar-refractivity contribution in [2.75, 3.05) is 26.2 Å². The third kappa shape index (κ3) is 4.08. The Morgan fingerprint density at radius 1 is 1.28 bits per heavy atom. The molecule has 0 radical (unpaired) electrons. The second-order valence-corrected chi connectivity index (χ2v) is 10.2. The number of rotatable bonds is 5. The smallest absolute Gasteiger partial charge is 0.219 e. The Balaban J connectivity index is 1.21. The lowest BCUT2D eigenvalue weighted by Gasteiger charge is -2.31. The van der Waals surface area contributed by atoms with Gasteiger partial charge in [0.15, 0.2) is 5.58 Å². The normalized spacial score (nSPS) is 17.8. The maximum Gasteiger partial charge on any atom is 0.219 e. The van der Waals surface area contributed by atoms with Gasteiger partial charge in [0.2, 0.25) is 5.91 Å². The van der Waals surface area contributed by atoms with E-state index in [1.54, 1.807) is 18.6 Å². The zero-order chi connectivity index (χ0) is 22.2. The van der Waals surface area contributed by atoms with Crippen molar-refractivity contribution in [3.63, 3.8) is 0 Å². The van der Waals surface area contributed by atoms with Crippen LogP contribution < -0.4 is 0 Å². The SMILES string of the molecule is CCc1sc2c(c1CCN1CCC(c3noc4cc(F)ccc34)CC1)CCN(C(C)=O)C2. The van der Waals surface area contributed by atoms with E-state index in [-0.39, 0.29) is 11.7 Å². The molecule has 3 aromatic rings. The highest BCUT2D eigenvalue weighted by atomic mass is 32.1. The van der Waals surface area contributed by atoms with Gasteiger partial charge in [-0.05, 0) is 68.5 Å². The summed E-state index contributed by atoms with van der Waals surface area (Å²) in [5.74, 6) is 0.262. The van der Waals surface area contributed by atoms with Gasteiger partial charge in [-0.15, -0.1) is 11.3 Å². The lowest BCUT2D eigenvalue weighted by Crippen LogP contribution is -2.35. The first-order valence-corrected chi connectivity index (χ1v) is 12.5. The first-order valence-electron chi connectivity index (χ1n) is 11.7. The fourth-order valence-corrected chi connectivity index (χ4v) is 6.65. The van der Waals surface area contributed by atoms with Gasteiger partial charge in [-0.1, -0.05) is 12.1 Å². The van der Waals surface area contributed by atoms with Crippen molar-refractivity contribution < 1.29 is 13.7 Å². The molecule has 5 nitrogen and oxygen atoms in total. The van der Waals surface area contributed by atoms with E-state index in [0.717, 1.165) is 75.9 Å². The molecule has 1 amide bonds. The topological polar surface area (TPSA) is 49.6 Å². The first-order chi connectivity index (χ1) is 15.5. The predicted molar refractivity (Wildman–Crippen MR) is 125 cm³/mol. The average molecular weight is 456 g/mol. The molecule has 0 atom stereocenters. The van der Waals surface area contributed by atoms with Crippen LogP contribution >= 0.6 is 11.3 Å². The molecule has 0 spiro atoms. The summed E-state index contributed by atoms with van der Waals surface area (Å²) in [4.78, 5) is 19.2. The average Bonchev–Trinajstić information content (AvgIpc) is 3.38. The summed E-state index contributed by atoms with van der Waals surface area (Å²) in [7, 11) is 0. The molecule has 1 saturated heterocycles. The molecule has 4 heterocycles. The standard InChI is InChI=1S/C25H30FN3O2S/c1-3-23-19(20-9-13-29(16(2)30)15-24(20)32-23)8-12-28-10-6-17(7-11-28)25-21-5-4-18(26)14-22(21)31-27-25/h4-5,14,17H,3,6-13,15H2,1-2H3. The number of benzene rings is 1. The monoisotopic (exact) mass is 455 g/mol. The van der Waals surface area contributed by atoms with E-state index in [9.17, 15) is 9.18 Å². The molecule has 0 bridgehead atoms. The fourth-order valence-electron chi connectivity index (χ4n) is 5.30. The molecule has 1 fully saturated rings. The number of fused-ring (bicyclic) bond motifs is 2. The molecular weight excluding hydrogens is 425 g/mol. The summed E-state index contributed by atoms with van der Waals surface area (Å²) in [5, 5.41) is 5.22. The van der Waals surface area contributed by atoms with E-state index in [0.29, 0.717) is 11.5 Å². The van der Waals surface area contributed by atoms with Crippen LogP contribution in [0.4, 0.5) is 4.39 Å². The number of amides is 1. The minimum Gasteiger partial charge on any atom is -0.356 e. The number of nitrogens with zero attached hydrogens (tertiary/aromatic N) is 3. The van der Waals surface area contributed by atoms with E-state index in [1.807, 2.05) is 16.2 Å². The molecule has 0 saturated carbocycles. The summed E-state index contributed by atoms with van der Waals surface area (Å²) in [6.45, 7) is 8.70. The van der Waals surface area contributed by atoms with Gasteiger partial charge in [0, 0.05) is 47.1 Å². The lowest BCUT2D eigenvalue weighted by atomic mass is 9.91. The van der Waals surface area contributed by atoms with Crippen LogP contribution in [0.2, 0.25) is 0 Å². The van der Waals surface area contributed by atoms with E-state index in [4.69, 9.17) is 4.52 Å². The minimum absolute atomic E-state index is 0.177. The quantitative estimate of drug-likeness (QED) is 0.548. The van der Waals surface area contributed by atoms with E-state index in [2.05, 4.69) is 17.0 Å². The van der Waals surface area contributed by atoms with Crippen LogP contribution in [0.5, 0.6) is 0 Å². The zero-order valence-corrected chi connectivity index (χ0v) is 19.6. The Bertz CT molecular complexity index is 1130. The van der Waals surface area contributed by atoms with Crippen LogP contribution in [0.25, 0.3) is 11.0 Å². The van der Waals surface area contributed by atoms with Crippen LogP contribution in [0.15, 0.2) is 22.7 Å². The van der Waals surface area contributed by atoms with Crippen LogP contribution in [-0.2, 0) is 30.6 Å². The number of aromatic nitrogens is 1. The first kappa shape index (κ1) is 21.6. The van der Waals surface area contributed by atoms with Crippen LogP contribution in [0, 0.1) is 5.82 Å². The largest absolute Gasteiger partial charge is 0.356 e. The Morgan fingerprint density at radius 2 is 2.09 bits per heavy atom. The second-order valence-electron chi connectivity index (χ2n) is 9.02. The van der Waals surface area contributed by atoms with Gasteiger partial charge in [0.05, 0.1) is 12.2 Å². The fraction of sp³-hybridized carbons (Fsp3) is 0.520. The molecule has 0 aliphatic carbocycles. The molecule has 2 aliphatic heterocycles. The van der Waals surface area contributed by atoms with Crippen molar-refractivity contribution >= 4 is 28.2 Å². The van der Waals surface area contributed by atoms with Gasteiger partial charge in [0.1, 0.15) is 5.82 Å². The highest BCUT2D eigenvalue weighted by Gasteiger charge is 2.27. The number of carbonyl (C=O) groups is 1. The summed E-state index contributed by atoms with van der Waals surface area (Å²) in [6, 6.07) is 4.70. The molecule has 32 heavy (non-hydrogen) atoms. The third-order valence-corrected chi connectivity index (χ3v) is 8.53. The van der Waals surface area contributed by atoms with Crippen LogP contribution in [0.3, 0.4) is 0 Å². The highest BCUT2D eigenvalue weighted by molar-refractivity contribution is 7.12. The molecule has 0 N–H and O–H groups in total. The minimum atomic E-state index is -0.286. The summed E-state index contributed by atoms with van der Waals surface area (Å²) >= 11 is 1.91. The second kappa shape index (κ2) is 8.94. The number of hydrogen-bond acceptors (Lipinski definition) is 5. The van der Waals surface area contributed by atoms with E-state index < -0.39 is 0 Å². The number of hydrogen-bond donors (Lipinski definition) is 0.